The zero-order valence-electron chi connectivity index (χ0n) is 13.4. The molecule has 0 bridgehead atoms. The normalized spacial score (nSPS) is 18.0. The van der Waals surface area contributed by atoms with Gasteiger partial charge in [0.05, 0.1) is 11.6 Å². The summed E-state index contributed by atoms with van der Waals surface area (Å²) in [6, 6.07) is 4.98. The lowest BCUT2D eigenvalue weighted by molar-refractivity contribution is 0.0502. The number of rotatable bonds is 2. The maximum absolute atomic E-state index is 12.5. The molecule has 1 aliphatic rings. The highest BCUT2D eigenvalue weighted by Crippen LogP contribution is 2.24. The van der Waals surface area contributed by atoms with Gasteiger partial charge >= 0.3 is 6.09 Å². The van der Waals surface area contributed by atoms with Gasteiger partial charge in [0.1, 0.15) is 5.60 Å². The molecule has 7 heteroatoms. The minimum Gasteiger partial charge on any atom is -0.444 e. The minimum absolute atomic E-state index is 0.0815. The van der Waals surface area contributed by atoms with E-state index in [1.54, 1.807) is 23.1 Å². The summed E-state index contributed by atoms with van der Waals surface area (Å²) < 4.78 is 5.90. The number of amides is 2. The van der Waals surface area contributed by atoms with Crippen LogP contribution >= 0.6 is 27.5 Å². The lowest BCUT2D eigenvalue weighted by Crippen LogP contribution is -2.41. The van der Waals surface area contributed by atoms with E-state index in [-0.39, 0.29) is 11.9 Å². The van der Waals surface area contributed by atoms with E-state index in [2.05, 4.69) is 21.2 Å². The first-order valence-corrected chi connectivity index (χ1v) is 8.56. The molecule has 1 aromatic carbocycles. The summed E-state index contributed by atoms with van der Waals surface area (Å²) in [6.07, 6.45) is 0.250. The van der Waals surface area contributed by atoms with Crippen molar-refractivity contribution in [2.75, 3.05) is 13.1 Å². The predicted molar refractivity (Wildman–Crippen MR) is 92.8 cm³/mol. The van der Waals surface area contributed by atoms with Gasteiger partial charge in [0.15, 0.2) is 0 Å². The molecule has 5 nitrogen and oxygen atoms in total. The largest absolute Gasteiger partial charge is 0.444 e. The molecule has 0 radical (unpaired) electrons. The highest BCUT2D eigenvalue weighted by Gasteiger charge is 2.30. The Morgan fingerprint density at radius 1 is 1.39 bits per heavy atom. The Bertz CT molecular complexity index is 616. The standard InChI is InChI=1S/C16H20BrClN2O3/c1-16(2,3)23-15(22)19-11-6-7-20(9-11)14(21)12-5-4-10(18)8-13(12)17/h4-5,8,11H,6-7,9H2,1-3H3,(H,19,22)/t11-/m1/s1. The number of hydrogen-bond acceptors (Lipinski definition) is 3. The second kappa shape index (κ2) is 7.09. The van der Waals surface area contributed by atoms with E-state index in [1.807, 2.05) is 20.8 Å². The molecular formula is C16H20BrClN2O3. The van der Waals surface area contributed by atoms with Crippen molar-refractivity contribution in [2.45, 2.75) is 38.8 Å². The average Bonchev–Trinajstić information content (AvgIpc) is 2.84. The number of carbonyl (C=O) groups excluding carboxylic acids is 2. The van der Waals surface area contributed by atoms with E-state index in [1.165, 1.54) is 0 Å². The molecule has 2 rings (SSSR count). The summed E-state index contributed by atoms with van der Waals surface area (Å²) in [5, 5.41) is 3.38. The van der Waals surface area contributed by atoms with E-state index in [0.29, 0.717) is 34.6 Å². The Balaban J connectivity index is 1.94. The molecule has 23 heavy (non-hydrogen) atoms. The third kappa shape index (κ3) is 5.11. The van der Waals surface area contributed by atoms with Gasteiger partial charge in [-0.15, -0.1) is 0 Å². The highest BCUT2D eigenvalue weighted by molar-refractivity contribution is 9.10. The topological polar surface area (TPSA) is 58.6 Å². The number of carbonyl (C=O) groups is 2. The molecular weight excluding hydrogens is 384 g/mol. The van der Waals surface area contributed by atoms with Crippen molar-refractivity contribution in [1.29, 1.82) is 0 Å². The van der Waals surface area contributed by atoms with Gasteiger partial charge in [-0.2, -0.15) is 0 Å². The number of nitrogens with zero attached hydrogens (tertiary/aromatic N) is 1. The SMILES string of the molecule is CC(C)(C)OC(=O)N[C@@H]1CCN(C(=O)c2ccc(Cl)cc2Br)C1. The number of benzene rings is 1. The van der Waals surface area contributed by atoms with Crippen LogP contribution in [0.3, 0.4) is 0 Å². The monoisotopic (exact) mass is 402 g/mol. The lowest BCUT2D eigenvalue weighted by Gasteiger charge is -2.22. The minimum atomic E-state index is -0.535. The van der Waals surface area contributed by atoms with Crippen LogP contribution in [0.5, 0.6) is 0 Å². The fourth-order valence-corrected chi connectivity index (χ4v) is 3.22. The molecule has 0 saturated carbocycles. The summed E-state index contributed by atoms with van der Waals surface area (Å²) in [5.74, 6) is -0.0815. The molecule has 1 fully saturated rings. The summed E-state index contributed by atoms with van der Waals surface area (Å²) in [7, 11) is 0. The molecule has 1 heterocycles. The molecule has 0 aliphatic carbocycles. The number of ether oxygens (including phenoxy) is 1. The first-order chi connectivity index (χ1) is 10.7. The van der Waals surface area contributed by atoms with Gasteiger partial charge in [0.2, 0.25) is 0 Å². The van der Waals surface area contributed by atoms with Gasteiger partial charge in [0.25, 0.3) is 5.91 Å². The Kier molecular flexibility index (Phi) is 5.57. The fourth-order valence-electron chi connectivity index (χ4n) is 2.37. The summed E-state index contributed by atoms with van der Waals surface area (Å²) in [6.45, 7) is 6.50. The molecule has 1 aromatic rings. The zero-order valence-corrected chi connectivity index (χ0v) is 15.7. The van der Waals surface area contributed by atoms with Gasteiger partial charge < -0.3 is 15.0 Å². The van der Waals surface area contributed by atoms with Crippen LogP contribution in [0, 0.1) is 0 Å². The first kappa shape index (κ1) is 18.1. The van der Waals surface area contributed by atoms with Crippen LogP contribution in [0.4, 0.5) is 4.79 Å². The van der Waals surface area contributed by atoms with Gasteiger partial charge in [-0.05, 0) is 61.3 Å². The maximum atomic E-state index is 12.5. The second-order valence-electron chi connectivity index (χ2n) is 6.51. The lowest BCUT2D eigenvalue weighted by atomic mass is 10.2. The van der Waals surface area contributed by atoms with Crippen molar-refractivity contribution in [3.63, 3.8) is 0 Å². The Morgan fingerprint density at radius 3 is 2.70 bits per heavy atom. The van der Waals surface area contributed by atoms with Crippen LogP contribution in [-0.2, 0) is 4.74 Å². The van der Waals surface area contributed by atoms with Crippen molar-refractivity contribution in [2.24, 2.45) is 0 Å². The summed E-state index contributed by atoms with van der Waals surface area (Å²) >= 11 is 9.26. The number of nitrogens with one attached hydrogen (secondary N) is 1. The predicted octanol–water partition coefficient (Wildman–Crippen LogP) is 3.84. The van der Waals surface area contributed by atoms with Crippen LogP contribution in [0.2, 0.25) is 5.02 Å². The van der Waals surface area contributed by atoms with Gasteiger partial charge in [0, 0.05) is 22.6 Å². The molecule has 0 spiro atoms. The number of hydrogen-bond donors (Lipinski definition) is 1. The zero-order chi connectivity index (χ0) is 17.2. The fraction of sp³-hybridized carbons (Fsp3) is 0.500. The smallest absolute Gasteiger partial charge is 0.407 e. The molecule has 0 aromatic heterocycles. The molecule has 1 N–H and O–H groups in total. The van der Waals surface area contributed by atoms with E-state index in [9.17, 15) is 9.59 Å². The van der Waals surface area contributed by atoms with Crippen LogP contribution < -0.4 is 5.32 Å². The molecule has 1 saturated heterocycles. The third-order valence-corrected chi connectivity index (χ3v) is 4.25. The first-order valence-electron chi connectivity index (χ1n) is 7.39. The van der Waals surface area contributed by atoms with Crippen molar-refractivity contribution in [3.8, 4) is 0 Å². The quantitative estimate of drug-likeness (QED) is 0.816. The molecule has 1 atom stereocenters. The van der Waals surface area contributed by atoms with Gasteiger partial charge in [-0.1, -0.05) is 11.6 Å². The maximum Gasteiger partial charge on any atom is 0.407 e. The van der Waals surface area contributed by atoms with Crippen LogP contribution in [0.1, 0.15) is 37.6 Å². The van der Waals surface area contributed by atoms with Crippen LogP contribution in [0.15, 0.2) is 22.7 Å². The van der Waals surface area contributed by atoms with E-state index in [0.717, 1.165) is 0 Å². The van der Waals surface area contributed by atoms with E-state index >= 15 is 0 Å². The molecule has 1 aliphatic heterocycles. The van der Waals surface area contributed by atoms with E-state index in [4.69, 9.17) is 16.3 Å². The van der Waals surface area contributed by atoms with Crippen molar-refractivity contribution >= 4 is 39.5 Å². The van der Waals surface area contributed by atoms with Crippen LogP contribution in [0.25, 0.3) is 0 Å². The Labute approximate surface area is 149 Å². The van der Waals surface area contributed by atoms with Gasteiger partial charge in [-0.3, -0.25) is 4.79 Å². The Morgan fingerprint density at radius 2 is 2.09 bits per heavy atom. The third-order valence-electron chi connectivity index (χ3n) is 3.36. The number of halogens is 2. The van der Waals surface area contributed by atoms with Crippen molar-refractivity contribution < 1.29 is 14.3 Å². The van der Waals surface area contributed by atoms with E-state index < -0.39 is 11.7 Å². The molecule has 126 valence electrons. The van der Waals surface area contributed by atoms with Crippen molar-refractivity contribution in [1.82, 2.24) is 10.2 Å². The van der Waals surface area contributed by atoms with Crippen LogP contribution in [-0.4, -0.2) is 41.6 Å². The van der Waals surface area contributed by atoms with Gasteiger partial charge in [-0.25, -0.2) is 4.79 Å². The summed E-state index contributed by atoms with van der Waals surface area (Å²) in [5.41, 5.74) is 0.0270. The highest BCUT2D eigenvalue weighted by atomic mass is 79.9. The number of alkyl carbamates (subject to hydrolysis) is 1. The van der Waals surface area contributed by atoms with Crippen molar-refractivity contribution in [3.05, 3.63) is 33.3 Å². The molecule has 0 unspecified atom stereocenters. The Hall–Kier alpha value is -1.27. The second-order valence-corrected chi connectivity index (χ2v) is 7.80. The summed E-state index contributed by atoms with van der Waals surface area (Å²) in [4.78, 5) is 26.1. The number of likely N-dealkylation sites (tertiary alicyclic amines) is 1. The molecule has 2 amide bonds. The average molecular weight is 404 g/mol.